The van der Waals surface area contributed by atoms with Gasteiger partial charge in [0.2, 0.25) is 5.91 Å². The number of benzene rings is 3. The lowest BCUT2D eigenvalue weighted by atomic mass is 9.96. The average molecular weight is 553 g/mol. The van der Waals surface area contributed by atoms with Crippen molar-refractivity contribution in [2.45, 2.75) is 19.0 Å². The van der Waals surface area contributed by atoms with Gasteiger partial charge in [0, 0.05) is 48.1 Å². The van der Waals surface area contributed by atoms with Gasteiger partial charge >= 0.3 is 6.03 Å². The second kappa shape index (κ2) is 12.2. The maximum Gasteiger partial charge on any atom is 0.317 e. The molecule has 3 aromatic carbocycles. The molecule has 8 heteroatoms. The first-order valence-electron chi connectivity index (χ1n) is 13.2. The largest absolute Gasteiger partial charge is 0.338 e. The number of nitrogens with zero attached hydrogens (tertiary/aromatic N) is 2. The molecule has 3 aromatic rings. The van der Waals surface area contributed by atoms with Gasteiger partial charge in [-0.3, -0.25) is 4.79 Å². The molecule has 2 saturated heterocycles. The molecule has 2 fully saturated rings. The molecule has 0 radical (unpaired) electrons. The summed E-state index contributed by atoms with van der Waals surface area (Å²) in [5.41, 5.74) is 3.30. The summed E-state index contributed by atoms with van der Waals surface area (Å²) in [7, 11) is 0. The summed E-state index contributed by atoms with van der Waals surface area (Å²) >= 11 is 13.0. The maximum atomic E-state index is 13.0. The van der Waals surface area contributed by atoms with Crippen molar-refractivity contribution in [2.24, 2.45) is 5.92 Å². The van der Waals surface area contributed by atoms with Crippen LogP contribution < -0.4 is 10.2 Å². The van der Waals surface area contributed by atoms with Crippen molar-refractivity contribution in [3.05, 3.63) is 106 Å². The van der Waals surface area contributed by atoms with Crippen molar-refractivity contribution >= 4 is 35.1 Å². The Morgan fingerprint density at radius 3 is 2.45 bits per heavy atom. The van der Waals surface area contributed by atoms with E-state index in [-0.39, 0.29) is 23.9 Å². The summed E-state index contributed by atoms with van der Waals surface area (Å²) in [6.07, 6.45) is 0.476. The highest BCUT2D eigenvalue weighted by atomic mass is 35.5. The third kappa shape index (κ3) is 6.32. The number of halogens is 2. The number of rotatable bonds is 7. The smallest absolute Gasteiger partial charge is 0.317 e. The molecule has 0 aliphatic carbocycles. The molecular weight excluding hydrogens is 519 g/mol. The molecule has 0 bridgehead atoms. The molecule has 2 aliphatic rings. The Labute approximate surface area is 234 Å². The number of likely N-dealkylation sites (tertiary alicyclic amines) is 1. The van der Waals surface area contributed by atoms with Crippen LogP contribution in [0.3, 0.4) is 0 Å². The van der Waals surface area contributed by atoms with Gasteiger partial charge in [0.05, 0.1) is 31.2 Å². The minimum atomic E-state index is -0.0601. The van der Waals surface area contributed by atoms with Crippen LogP contribution in [-0.4, -0.2) is 61.0 Å². The number of hydrogen-bond acceptors (Lipinski definition) is 2. The number of hydrogen-bond donors (Lipinski definition) is 2. The molecule has 198 valence electrons. The minimum absolute atomic E-state index is 0.0349. The van der Waals surface area contributed by atoms with Crippen molar-refractivity contribution < 1.29 is 14.5 Å². The Morgan fingerprint density at radius 1 is 0.974 bits per heavy atom. The summed E-state index contributed by atoms with van der Waals surface area (Å²) in [6, 6.07) is 25.9. The number of carbonyl (C=O) groups is 2. The van der Waals surface area contributed by atoms with Gasteiger partial charge in [0.15, 0.2) is 0 Å². The van der Waals surface area contributed by atoms with E-state index in [1.54, 1.807) is 0 Å². The van der Waals surface area contributed by atoms with E-state index in [0.29, 0.717) is 44.2 Å². The normalized spacial score (nSPS) is 19.0. The van der Waals surface area contributed by atoms with Crippen molar-refractivity contribution in [1.82, 2.24) is 15.1 Å². The Morgan fingerprint density at radius 2 is 1.71 bits per heavy atom. The molecule has 3 amide bonds. The van der Waals surface area contributed by atoms with Crippen LogP contribution in [0.25, 0.3) is 0 Å². The number of nitrogens with one attached hydrogen (secondary N) is 2. The molecule has 5 rings (SSSR count). The van der Waals surface area contributed by atoms with Gasteiger partial charge in [-0.1, -0.05) is 83.9 Å². The van der Waals surface area contributed by atoms with E-state index in [1.807, 2.05) is 76.5 Å². The first-order chi connectivity index (χ1) is 18.5. The van der Waals surface area contributed by atoms with Crippen molar-refractivity contribution in [1.29, 1.82) is 0 Å². The van der Waals surface area contributed by atoms with E-state index >= 15 is 0 Å². The number of amides is 3. The quantitative estimate of drug-likeness (QED) is 0.465. The molecule has 0 unspecified atom stereocenters. The molecule has 0 spiro atoms. The van der Waals surface area contributed by atoms with E-state index in [4.69, 9.17) is 23.2 Å². The van der Waals surface area contributed by atoms with Gasteiger partial charge in [-0.25, -0.2) is 4.79 Å². The molecule has 2 aliphatic heterocycles. The van der Waals surface area contributed by atoms with Crippen molar-refractivity contribution in [2.75, 3.05) is 39.3 Å². The Kier molecular flexibility index (Phi) is 8.52. The fraction of sp³-hybridized carbons (Fsp3) is 0.333. The fourth-order valence-corrected chi connectivity index (χ4v) is 6.05. The van der Waals surface area contributed by atoms with E-state index in [9.17, 15) is 9.59 Å². The molecule has 0 aromatic heterocycles. The third-order valence-corrected chi connectivity index (χ3v) is 8.13. The van der Waals surface area contributed by atoms with Crippen LogP contribution in [0.4, 0.5) is 4.79 Å². The van der Waals surface area contributed by atoms with Gasteiger partial charge in [0.1, 0.15) is 6.04 Å². The highest BCUT2D eigenvalue weighted by Gasteiger charge is 2.34. The summed E-state index contributed by atoms with van der Waals surface area (Å²) in [5.74, 6) is 0.284. The van der Waals surface area contributed by atoms with Gasteiger partial charge in [-0.05, 0) is 23.8 Å². The zero-order chi connectivity index (χ0) is 26.5. The van der Waals surface area contributed by atoms with Crippen LogP contribution in [0, 0.1) is 5.92 Å². The summed E-state index contributed by atoms with van der Waals surface area (Å²) in [6.45, 7) is 4.68. The van der Waals surface area contributed by atoms with E-state index in [2.05, 4.69) is 17.4 Å². The van der Waals surface area contributed by atoms with E-state index in [0.717, 1.165) is 34.8 Å². The van der Waals surface area contributed by atoms with Crippen molar-refractivity contribution in [3.8, 4) is 0 Å². The predicted molar refractivity (Wildman–Crippen MR) is 150 cm³/mol. The molecular formula is C30H33Cl2N4O2+. The first-order valence-corrected chi connectivity index (χ1v) is 13.9. The Balaban J connectivity index is 1.16. The monoisotopic (exact) mass is 551 g/mol. The summed E-state index contributed by atoms with van der Waals surface area (Å²) in [4.78, 5) is 30.6. The Hall–Kier alpha value is -3.06. The van der Waals surface area contributed by atoms with Gasteiger partial charge < -0.3 is 20.0 Å². The molecule has 6 nitrogen and oxygen atoms in total. The zero-order valence-corrected chi connectivity index (χ0v) is 22.8. The lowest BCUT2D eigenvalue weighted by molar-refractivity contribution is -0.929. The van der Waals surface area contributed by atoms with E-state index < -0.39 is 0 Å². The molecule has 2 heterocycles. The molecule has 2 N–H and O–H groups in total. The fourth-order valence-electron chi connectivity index (χ4n) is 5.61. The summed E-state index contributed by atoms with van der Waals surface area (Å²) in [5, 5.41) is 4.52. The Bertz CT molecular complexity index is 1260. The minimum Gasteiger partial charge on any atom is -0.338 e. The molecule has 2 atom stereocenters. The molecule has 0 saturated carbocycles. The SMILES string of the molecule is O=C1C[C@@H](CNC(=O)N2CC[NH+]([C@H](c3cccc(Cl)c3)c3ccccc3Cl)CC2)CN1Cc1ccccc1. The summed E-state index contributed by atoms with van der Waals surface area (Å²) < 4.78 is 0. The van der Waals surface area contributed by atoms with Crippen LogP contribution in [-0.2, 0) is 11.3 Å². The second-order valence-electron chi connectivity index (χ2n) is 10.2. The topological polar surface area (TPSA) is 57.1 Å². The second-order valence-corrected chi connectivity index (χ2v) is 11.0. The number of carbonyl (C=O) groups excluding carboxylic acids is 2. The third-order valence-electron chi connectivity index (χ3n) is 7.55. The van der Waals surface area contributed by atoms with Gasteiger partial charge in [-0.2, -0.15) is 0 Å². The van der Waals surface area contributed by atoms with Crippen LogP contribution >= 0.6 is 23.2 Å². The van der Waals surface area contributed by atoms with Gasteiger partial charge in [0.25, 0.3) is 0 Å². The number of quaternary nitrogens is 1. The lowest BCUT2D eigenvalue weighted by Gasteiger charge is -2.37. The molecule has 38 heavy (non-hydrogen) atoms. The van der Waals surface area contributed by atoms with Crippen LogP contribution in [0.15, 0.2) is 78.9 Å². The highest BCUT2D eigenvalue weighted by molar-refractivity contribution is 6.31. The maximum absolute atomic E-state index is 13.0. The number of piperazine rings is 1. The standard InChI is InChI=1S/C30H32Cl2N4O2/c31-25-10-6-9-24(18-25)29(26-11-4-5-12-27(26)32)34-13-15-35(16-14-34)30(38)33-19-23-17-28(37)36(21-23)20-22-7-2-1-3-8-22/h1-12,18,23,29H,13-17,19-21H2,(H,33,38)/p+1/t23-,29+/m0/s1. The lowest BCUT2D eigenvalue weighted by Crippen LogP contribution is -3.15. The van der Waals surface area contributed by atoms with Crippen LogP contribution in [0.2, 0.25) is 10.0 Å². The van der Waals surface area contributed by atoms with E-state index in [1.165, 1.54) is 4.90 Å². The highest BCUT2D eigenvalue weighted by Crippen LogP contribution is 2.28. The number of urea groups is 1. The predicted octanol–water partition coefficient (Wildman–Crippen LogP) is 4.04. The van der Waals surface area contributed by atoms with Gasteiger partial charge in [-0.15, -0.1) is 0 Å². The average Bonchev–Trinajstić information content (AvgIpc) is 3.28. The van der Waals surface area contributed by atoms with Crippen LogP contribution in [0.1, 0.15) is 29.2 Å². The zero-order valence-electron chi connectivity index (χ0n) is 21.3. The first kappa shape index (κ1) is 26.5. The van der Waals surface area contributed by atoms with Crippen LogP contribution in [0.5, 0.6) is 0 Å². The van der Waals surface area contributed by atoms with Crippen molar-refractivity contribution in [3.63, 3.8) is 0 Å².